The number of anilines is 1. The van der Waals surface area contributed by atoms with Gasteiger partial charge in [-0.15, -0.1) is 11.3 Å². The van der Waals surface area contributed by atoms with Crippen molar-refractivity contribution < 1.29 is 17.7 Å². The molecule has 10 heteroatoms. The first-order chi connectivity index (χ1) is 15.4. The highest BCUT2D eigenvalue weighted by Crippen LogP contribution is 2.30. The summed E-state index contributed by atoms with van der Waals surface area (Å²) in [6.45, 7) is 3.91. The van der Waals surface area contributed by atoms with E-state index < -0.39 is 15.9 Å². The lowest BCUT2D eigenvalue weighted by Gasteiger charge is -2.31. The highest BCUT2D eigenvalue weighted by Gasteiger charge is 2.37. The standard InChI is InChI=1S/C22H24N4O4S2/c1-15-6-3-11-23-21(15)24-22(27)17-7-4-12-26(14-17)32(28,29)20-16(2)25-30-19(20)10-9-18-8-5-13-31-18/h3,5-6,8-11,13,17H,4,7,12,14H2,1-2H3,(H,23,24,27). The molecule has 1 saturated heterocycles. The molecular weight excluding hydrogens is 448 g/mol. The summed E-state index contributed by atoms with van der Waals surface area (Å²) in [5, 5.41) is 8.65. The fourth-order valence-corrected chi connectivity index (χ4v) is 6.07. The van der Waals surface area contributed by atoms with Crippen LogP contribution in [-0.2, 0) is 14.8 Å². The third-order valence-electron chi connectivity index (χ3n) is 5.38. The van der Waals surface area contributed by atoms with Crippen LogP contribution in [0.4, 0.5) is 5.82 Å². The quantitative estimate of drug-likeness (QED) is 0.582. The molecule has 4 rings (SSSR count). The second kappa shape index (κ2) is 9.35. The van der Waals surface area contributed by atoms with Crippen LogP contribution in [0.3, 0.4) is 0 Å². The maximum Gasteiger partial charge on any atom is 0.248 e. The van der Waals surface area contributed by atoms with E-state index in [1.807, 2.05) is 30.5 Å². The van der Waals surface area contributed by atoms with Gasteiger partial charge in [0.15, 0.2) is 10.7 Å². The van der Waals surface area contributed by atoms with Gasteiger partial charge in [0.1, 0.15) is 11.5 Å². The Labute approximate surface area is 191 Å². The summed E-state index contributed by atoms with van der Waals surface area (Å²) >= 11 is 1.54. The number of thiophene rings is 1. The van der Waals surface area contributed by atoms with Crippen molar-refractivity contribution in [3.05, 3.63) is 57.7 Å². The molecule has 1 aliphatic rings. The molecule has 0 bridgehead atoms. The van der Waals surface area contributed by atoms with E-state index in [1.54, 1.807) is 31.3 Å². The van der Waals surface area contributed by atoms with Crippen LogP contribution in [0.2, 0.25) is 0 Å². The van der Waals surface area contributed by atoms with Crippen molar-refractivity contribution in [2.45, 2.75) is 31.6 Å². The molecule has 1 amide bonds. The van der Waals surface area contributed by atoms with Crippen LogP contribution in [0, 0.1) is 19.8 Å². The Morgan fingerprint density at radius 3 is 2.88 bits per heavy atom. The van der Waals surface area contributed by atoms with Crippen LogP contribution >= 0.6 is 11.3 Å². The molecule has 0 saturated carbocycles. The molecule has 0 spiro atoms. The molecule has 0 aromatic carbocycles. The Kier molecular flexibility index (Phi) is 6.54. The second-order valence-corrected chi connectivity index (χ2v) is 10.5. The number of aryl methyl sites for hydroxylation is 2. The van der Waals surface area contributed by atoms with E-state index >= 15 is 0 Å². The van der Waals surface area contributed by atoms with Crippen molar-refractivity contribution in [1.29, 1.82) is 0 Å². The SMILES string of the molecule is Cc1cccnc1NC(=O)C1CCCN(S(=O)(=O)c2c(C)noc2C=Cc2cccs2)C1. The lowest BCUT2D eigenvalue weighted by molar-refractivity contribution is -0.120. The first-order valence-corrected chi connectivity index (χ1v) is 12.6. The molecule has 0 radical (unpaired) electrons. The topological polar surface area (TPSA) is 105 Å². The lowest BCUT2D eigenvalue weighted by atomic mass is 9.99. The minimum Gasteiger partial charge on any atom is -0.355 e. The number of piperidine rings is 1. The van der Waals surface area contributed by atoms with E-state index in [2.05, 4.69) is 15.5 Å². The van der Waals surface area contributed by atoms with E-state index in [4.69, 9.17) is 4.52 Å². The molecule has 168 valence electrons. The Morgan fingerprint density at radius 1 is 1.28 bits per heavy atom. The lowest BCUT2D eigenvalue weighted by Crippen LogP contribution is -2.44. The van der Waals surface area contributed by atoms with E-state index in [-0.39, 0.29) is 23.1 Å². The molecule has 1 N–H and O–H groups in total. The summed E-state index contributed by atoms with van der Waals surface area (Å²) < 4.78 is 33.6. The zero-order chi connectivity index (χ0) is 22.7. The van der Waals surface area contributed by atoms with Crippen LogP contribution in [0.25, 0.3) is 12.2 Å². The van der Waals surface area contributed by atoms with E-state index in [0.29, 0.717) is 30.9 Å². The van der Waals surface area contributed by atoms with Crippen molar-refractivity contribution in [2.24, 2.45) is 5.92 Å². The summed E-state index contributed by atoms with van der Waals surface area (Å²) in [6, 6.07) is 7.50. The predicted octanol–water partition coefficient (Wildman–Crippen LogP) is 3.96. The highest BCUT2D eigenvalue weighted by atomic mass is 32.2. The van der Waals surface area contributed by atoms with Gasteiger partial charge in [-0.3, -0.25) is 4.79 Å². The Morgan fingerprint density at radius 2 is 2.12 bits per heavy atom. The van der Waals surface area contributed by atoms with Gasteiger partial charge in [0.2, 0.25) is 15.9 Å². The fraction of sp³-hybridized carbons (Fsp3) is 0.318. The normalized spacial score (nSPS) is 17.6. The van der Waals surface area contributed by atoms with Gasteiger partial charge in [-0.05, 0) is 61.9 Å². The fourth-order valence-electron chi connectivity index (χ4n) is 3.68. The maximum atomic E-state index is 13.5. The molecule has 4 heterocycles. The largest absolute Gasteiger partial charge is 0.355 e. The molecule has 1 aliphatic heterocycles. The number of pyridine rings is 1. The number of rotatable bonds is 6. The molecule has 8 nitrogen and oxygen atoms in total. The highest BCUT2D eigenvalue weighted by molar-refractivity contribution is 7.89. The third-order valence-corrected chi connectivity index (χ3v) is 8.24. The first-order valence-electron chi connectivity index (χ1n) is 10.3. The van der Waals surface area contributed by atoms with E-state index in [9.17, 15) is 13.2 Å². The number of nitrogens with one attached hydrogen (secondary N) is 1. The first kappa shape index (κ1) is 22.4. The Balaban J connectivity index is 1.54. The summed E-state index contributed by atoms with van der Waals surface area (Å²) in [5.74, 6) is -0.0169. The number of sulfonamides is 1. The maximum absolute atomic E-state index is 13.5. The van der Waals surface area contributed by atoms with Gasteiger partial charge in [-0.25, -0.2) is 13.4 Å². The van der Waals surface area contributed by atoms with E-state index in [0.717, 1.165) is 10.4 Å². The number of aromatic nitrogens is 2. The van der Waals surface area contributed by atoms with Crippen molar-refractivity contribution in [3.8, 4) is 0 Å². The second-order valence-electron chi connectivity index (χ2n) is 7.67. The number of carbonyl (C=O) groups is 1. The molecule has 3 aromatic rings. The number of hydrogen-bond acceptors (Lipinski definition) is 7. The van der Waals surface area contributed by atoms with Crippen molar-refractivity contribution in [1.82, 2.24) is 14.4 Å². The zero-order valence-corrected chi connectivity index (χ0v) is 19.4. The van der Waals surface area contributed by atoms with Crippen molar-refractivity contribution in [3.63, 3.8) is 0 Å². The summed E-state index contributed by atoms with van der Waals surface area (Å²) in [6.07, 6.45) is 6.23. The van der Waals surface area contributed by atoms with Crippen LogP contribution in [-0.4, -0.2) is 41.9 Å². The van der Waals surface area contributed by atoms with Gasteiger partial charge in [-0.2, -0.15) is 4.31 Å². The molecule has 1 unspecified atom stereocenters. The molecule has 3 aromatic heterocycles. The van der Waals surface area contributed by atoms with Crippen LogP contribution in [0.15, 0.2) is 45.3 Å². The molecular formula is C22H24N4O4S2. The van der Waals surface area contributed by atoms with E-state index in [1.165, 1.54) is 15.6 Å². The minimum absolute atomic E-state index is 0.0481. The van der Waals surface area contributed by atoms with Gasteiger partial charge in [-0.1, -0.05) is 17.3 Å². The van der Waals surface area contributed by atoms with Crippen molar-refractivity contribution >= 4 is 45.2 Å². The molecule has 32 heavy (non-hydrogen) atoms. The van der Waals surface area contributed by atoms with Gasteiger partial charge < -0.3 is 9.84 Å². The van der Waals surface area contributed by atoms with Crippen LogP contribution in [0.1, 0.15) is 34.7 Å². The third kappa shape index (κ3) is 4.67. The van der Waals surface area contributed by atoms with Gasteiger partial charge >= 0.3 is 0 Å². The summed E-state index contributed by atoms with van der Waals surface area (Å²) in [5.41, 5.74) is 1.15. The van der Waals surface area contributed by atoms with Crippen molar-refractivity contribution in [2.75, 3.05) is 18.4 Å². The molecule has 0 aliphatic carbocycles. The summed E-state index contributed by atoms with van der Waals surface area (Å²) in [7, 11) is -3.88. The number of hydrogen-bond donors (Lipinski definition) is 1. The summed E-state index contributed by atoms with van der Waals surface area (Å²) in [4.78, 5) is 18.1. The molecule has 1 atom stereocenters. The average Bonchev–Trinajstić information content (AvgIpc) is 3.43. The van der Waals surface area contributed by atoms with Gasteiger partial charge in [0, 0.05) is 24.2 Å². The predicted molar refractivity (Wildman–Crippen MR) is 124 cm³/mol. The average molecular weight is 473 g/mol. The Bertz CT molecular complexity index is 1230. The monoisotopic (exact) mass is 472 g/mol. The van der Waals surface area contributed by atoms with Crippen LogP contribution < -0.4 is 5.32 Å². The number of nitrogens with zero attached hydrogens (tertiary/aromatic N) is 3. The van der Waals surface area contributed by atoms with Gasteiger partial charge in [0.25, 0.3) is 0 Å². The van der Waals surface area contributed by atoms with Crippen LogP contribution in [0.5, 0.6) is 0 Å². The minimum atomic E-state index is -3.88. The smallest absolute Gasteiger partial charge is 0.248 e. The zero-order valence-electron chi connectivity index (χ0n) is 17.8. The van der Waals surface area contributed by atoms with Gasteiger partial charge in [0.05, 0.1) is 5.92 Å². The molecule has 1 fully saturated rings. The number of amides is 1. The number of carbonyl (C=O) groups excluding carboxylic acids is 1. The Hall–Kier alpha value is -2.82.